The van der Waals surface area contributed by atoms with E-state index in [0.29, 0.717) is 0 Å². The van der Waals surface area contributed by atoms with Crippen LogP contribution in [-0.2, 0) is 5.41 Å². The van der Waals surface area contributed by atoms with Gasteiger partial charge in [0.2, 0.25) is 0 Å². The van der Waals surface area contributed by atoms with Crippen molar-refractivity contribution in [2.45, 2.75) is 52.4 Å². The summed E-state index contributed by atoms with van der Waals surface area (Å²) in [6.07, 6.45) is 0.881. The zero-order valence-corrected chi connectivity index (χ0v) is 11.0. The number of benzene rings is 1. The van der Waals surface area contributed by atoms with E-state index in [1.807, 2.05) is 0 Å². The lowest BCUT2D eigenvalue weighted by atomic mass is 9.83. The summed E-state index contributed by atoms with van der Waals surface area (Å²) in [6.45, 7) is 10.8. The second kappa shape index (κ2) is 4.70. The molecule has 0 fully saturated rings. The molecule has 0 aliphatic heterocycles. The first kappa shape index (κ1) is 12.8. The van der Waals surface area contributed by atoms with Gasteiger partial charge in [0.25, 0.3) is 0 Å². The van der Waals surface area contributed by atoms with Crippen molar-refractivity contribution >= 4 is 0 Å². The van der Waals surface area contributed by atoms with E-state index in [0.717, 1.165) is 6.42 Å². The maximum Gasteiger partial charge on any atom is 0.0712 e. The molecule has 0 aromatic heterocycles. The number of aryl methyl sites for hydroxylation is 1. The van der Waals surface area contributed by atoms with Crippen LogP contribution in [0.5, 0.6) is 0 Å². The summed E-state index contributed by atoms with van der Waals surface area (Å²) in [5.41, 5.74) is 3.93. The Hall–Kier alpha value is -1.29. The van der Waals surface area contributed by atoms with Crippen LogP contribution in [0.2, 0.25) is 0 Å². The molecule has 1 aromatic rings. The van der Waals surface area contributed by atoms with Crippen molar-refractivity contribution in [1.29, 1.82) is 5.26 Å². The molecule has 16 heavy (non-hydrogen) atoms. The van der Waals surface area contributed by atoms with E-state index in [1.165, 1.54) is 16.7 Å². The Morgan fingerprint density at radius 1 is 1.31 bits per heavy atom. The van der Waals surface area contributed by atoms with Crippen molar-refractivity contribution in [1.82, 2.24) is 0 Å². The van der Waals surface area contributed by atoms with Gasteiger partial charge in [0.05, 0.1) is 12.0 Å². The Bertz CT molecular complexity index is 404. The Labute approximate surface area is 99.1 Å². The highest BCUT2D eigenvalue weighted by molar-refractivity contribution is 5.38. The molecule has 1 atom stereocenters. The largest absolute Gasteiger partial charge is 0.198 e. The minimum atomic E-state index is 0.0361. The topological polar surface area (TPSA) is 23.8 Å². The standard InChI is InChI=1S/C15H21N/c1-6-12(10-16)14-8-7-13(9-11(14)2)15(3,4)5/h7-9,12H,6H2,1-5H3. The molecule has 0 saturated heterocycles. The second-order valence-electron chi connectivity index (χ2n) is 5.41. The normalized spacial score (nSPS) is 13.2. The molecule has 0 bridgehead atoms. The lowest BCUT2D eigenvalue weighted by molar-refractivity contribution is 0.589. The fourth-order valence-corrected chi connectivity index (χ4v) is 1.91. The highest BCUT2D eigenvalue weighted by atomic mass is 14.3. The molecule has 0 spiro atoms. The maximum atomic E-state index is 9.08. The summed E-state index contributed by atoms with van der Waals surface area (Å²) < 4.78 is 0. The third-order valence-electron chi connectivity index (χ3n) is 3.08. The van der Waals surface area contributed by atoms with Crippen LogP contribution < -0.4 is 0 Å². The smallest absolute Gasteiger partial charge is 0.0712 e. The van der Waals surface area contributed by atoms with Gasteiger partial charge in [0, 0.05) is 0 Å². The molecule has 86 valence electrons. The lowest BCUT2D eigenvalue weighted by Gasteiger charge is -2.21. The number of rotatable bonds is 2. The average Bonchev–Trinajstić information content (AvgIpc) is 2.20. The first-order chi connectivity index (χ1) is 7.40. The number of hydrogen-bond donors (Lipinski definition) is 0. The molecular formula is C15H21N. The third-order valence-corrected chi connectivity index (χ3v) is 3.08. The van der Waals surface area contributed by atoms with Crippen molar-refractivity contribution < 1.29 is 0 Å². The minimum absolute atomic E-state index is 0.0361. The molecule has 1 heteroatoms. The Morgan fingerprint density at radius 3 is 2.31 bits per heavy atom. The third kappa shape index (κ3) is 2.64. The van der Waals surface area contributed by atoms with Gasteiger partial charge < -0.3 is 0 Å². The van der Waals surface area contributed by atoms with Crippen molar-refractivity contribution in [3.05, 3.63) is 34.9 Å². The van der Waals surface area contributed by atoms with E-state index >= 15 is 0 Å². The van der Waals surface area contributed by atoms with E-state index in [1.54, 1.807) is 0 Å². The van der Waals surface area contributed by atoms with Gasteiger partial charge in [-0.05, 0) is 35.4 Å². The molecule has 0 radical (unpaired) electrons. The molecule has 0 N–H and O–H groups in total. The van der Waals surface area contributed by atoms with Crippen LogP contribution in [0.4, 0.5) is 0 Å². The van der Waals surface area contributed by atoms with E-state index in [4.69, 9.17) is 5.26 Å². The summed E-state index contributed by atoms with van der Waals surface area (Å²) in [5.74, 6) is 0.0361. The van der Waals surface area contributed by atoms with Gasteiger partial charge in [-0.15, -0.1) is 0 Å². The molecule has 1 rings (SSSR count). The Balaban J connectivity index is 3.15. The van der Waals surface area contributed by atoms with Crippen LogP contribution in [-0.4, -0.2) is 0 Å². The highest BCUT2D eigenvalue weighted by Crippen LogP contribution is 2.28. The second-order valence-corrected chi connectivity index (χ2v) is 5.41. The van der Waals surface area contributed by atoms with Gasteiger partial charge >= 0.3 is 0 Å². The maximum absolute atomic E-state index is 9.08. The zero-order valence-electron chi connectivity index (χ0n) is 11.0. The SMILES string of the molecule is CCC(C#N)c1ccc(C(C)(C)C)cc1C. The van der Waals surface area contributed by atoms with E-state index in [-0.39, 0.29) is 11.3 Å². The predicted octanol–water partition coefficient (Wildman–Crippen LogP) is 4.31. The molecule has 0 heterocycles. The fourth-order valence-electron chi connectivity index (χ4n) is 1.91. The summed E-state index contributed by atoms with van der Waals surface area (Å²) in [6, 6.07) is 8.86. The summed E-state index contributed by atoms with van der Waals surface area (Å²) in [4.78, 5) is 0. The first-order valence-corrected chi connectivity index (χ1v) is 5.90. The molecule has 1 aromatic carbocycles. The van der Waals surface area contributed by atoms with Crippen molar-refractivity contribution in [3.8, 4) is 6.07 Å². The van der Waals surface area contributed by atoms with Crippen LogP contribution in [0.1, 0.15) is 56.7 Å². The molecule has 0 aliphatic carbocycles. The van der Waals surface area contributed by atoms with Crippen LogP contribution >= 0.6 is 0 Å². The summed E-state index contributed by atoms with van der Waals surface area (Å²) in [7, 11) is 0. The van der Waals surface area contributed by atoms with Gasteiger partial charge in [0.15, 0.2) is 0 Å². The van der Waals surface area contributed by atoms with Gasteiger partial charge in [-0.1, -0.05) is 45.9 Å². The Kier molecular flexibility index (Phi) is 3.75. The van der Waals surface area contributed by atoms with Crippen LogP contribution in [0.25, 0.3) is 0 Å². The predicted molar refractivity (Wildman–Crippen MR) is 68.5 cm³/mol. The van der Waals surface area contributed by atoms with Gasteiger partial charge in [-0.3, -0.25) is 0 Å². The molecular weight excluding hydrogens is 194 g/mol. The molecule has 1 unspecified atom stereocenters. The molecule has 0 aliphatic rings. The summed E-state index contributed by atoms with van der Waals surface area (Å²) in [5, 5.41) is 9.08. The van der Waals surface area contributed by atoms with Crippen LogP contribution in [0, 0.1) is 18.3 Å². The zero-order chi connectivity index (χ0) is 12.3. The number of hydrogen-bond acceptors (Lipinski definition) is 1. The van der Waals surface area contributed by atoms with E-state index in [9.17, 15) is 0 Å². The monoisotopic (exact) mass is 215 g/mol. The number of nitriles is 1. The van der Waals surface area contributed by atoms with E-state index in [2.05, 4.69) is 58.9 Å². The quantitative estimate of drug-likeness (QED) is 0.721. The van der Waals surface area contributed by atoms with Gasteiger partial charge in [-0.2, -0.15) is 5.26 Å². The minimum Gasteiger partial charge on any atom is -0.198 e. The average molecular weight is 215 g/mol. The van der Waals surface area contributed by atoms with Gasteiger partial charge in [-0.25, -0.2) is 0 Å². The fraction of sp³-hybridized carbons (Fsp3) is 0.533. The first-order valence-electron chi connectivity index (χ1n) is 5.90. The number of nitrogens with zero attached hydrogens (tertiary/aromatic N) is 1. The Morgan fingerprint density at radius 2 is 1.94 bits per heavy atom. The lowest BCUT2D eigenvalue weighted by Crippen LogP contribution is -2.12. The molecule has 1 nitrogen and oxygen atoms in total. The van der Waals surface area contributed by atoms with E-state index < -0.39 is 0 Å². The van der Waals surface area contributed by atoms with Gasteiger partial charge in [0.1, 0.15) is 0 Å². The van der Waals surface area contributed by atoms with Crippen molar-refractivity contribution in [2.75, 3.05) is 0 Å². The molecule has 0 saturated carbocycles. The van der Waals surface area contributed by atoms with Crippen molar-refractivity contribution in [3.63, 3.8) is 0 Å². The van der Waals surface area contributed by atoms with Crippen molar-refractivity contribution in [2.24, 2.45) is 0 Å². The molecule has 0 amide bonds. The van der Waals surface area contributed by atoms with Crippen LogP contribution in [0.15, 0.2) is 18.2 Å². The highest BCUT2D eigenvalue weighted by Gasteiger charge is 2.16. The van der Waals surface area contributed by atoms with Crippen LogP contribution in [0.3, 0.4) is 0 Å². The summed E-state index contributed by atoms with van der Waals surface area (Å²) >= 11 is 0.